The molecule has 0 saturated heterocycles. The summed E-state index contributed by atoms with van der Waals surface area (Å²) in [7, 11) is 3.19. The first-order valence-electron chi connectivity index (χ1n) is 8.34. The van der Waals surface area contributed by atoms with Gasteiger partial charge >= 0.3 is 0 Å². The first kappa shape index (κ1) is 16.9. The van der Waals surface area contributed by atoms with E-state index < -0.39 is 0 Å². The Hall–Kier alpha value is -3.54. The molecule has 1 heterocycles. The molecule has 0 saturated carbocycles. The Balaban J connectivity index is 1.60. The fourth-order valence-electron chi connectivity index (χ4n) is 2.81. The van der Waals surface area contributed by atoms with Gasteiger partial charge in [-0.05, 0) is 42.0 Å². The highest BCUT2D eigenvalue weighted by Crippen LogP contribution is 2.29. The number of fused-ring (bicyclic) bond motifs is 2. The van der Waals surface area contributed by atoms with Crippen LogP contribution in [0.5, 0.6) is 17.2 Å². The summed E-state index contributed by atoms with van der Waals surface area (Å²) in [5.41, 5.74) is 2.71. The fourth-order valence-corrected chi connectivity index (χ4v) is 2.81. The van der Waals surface area contributed by atoms with Crippen LogP contribution in [0.15, 0.2) is 63.8 Å². The van der Waals surface area contributed by atoms with E-state index in [1.54, 1.807) is 26.4 Å². The number of hydrogen-bond acceptors (Lipinski definition) is 6. The number of ether oxygens (including phenoxy) is 3. The van der Waals surface area contributed by atoms with Gasteiger partial charge in [0.25, 0.3) is 0 Å². The maximum absolute atomic E-state index is 11.5. The van der Waals surface area contributed by atoms with Crippen molar-refractivity contribution < 1.29 is 18.6 Å². The summed E-state index contributed by atoms with van der Waals surface area (Å²) in [6, 6.07) is 15.6. The van der Waals surface area contributed by atoms with Crippen molar-refractivity contribution in [2.24, 2.45) is 0 Å². The van der Waals surface area contributed by atoms with Gasteiger partial charge in [0.05, 0.1) is 14.2 Å². The van der Waals surface area contributed by atoms with E-state index in [4.69, 9.17) is 18.6 Å². The van der Waals surface area contributed by atoms with E-state index in [0.29, 0.717) is 46.4 Å². The molecule has 0 spiro atoms. The van der Waals surface area contributed by atoms with Crippen LogP contribution in [0.2, 0.25) is 0 Å². The van der Waals surface area contributed by atoms with Crippen LogP contribution in [0, 0.1) is 0 Å². The first-order chi connectivity index (χ1) is 13.2. The van der Waals surface area contributed by atoms with Crippen LogP contribution >= 0.6 is 0 Å². The van der Waals surface area contributed by atoms with Crippen molar-refractivity contribution >= 4 is 11.1 Å². The van der Waals surface area contributed by atoms with Crippen LogP contribution in [0.3, 0.4) is 0 Å². The van der Waals surface area contributed by atoms with E-state index in [9.17, 15) is 4.79 Å². The molecule has 2 aromatic carbocycles. The van der Waals surface area contributed by atoms with Crippen LogP contribution in [0.25, 0.3) is 22.6 Å². The molecule has 0 atom stereocenters. The lowest BCUT2D eigenvalue weighted by molar-refractivity contribution is 0.303. The molecule has 136 valence electrons. The summed E-state index contributed by atoms with van der Waals surface area (Å²) >= 11 is 0. The van der Waals surface area contributed by atoms with Crippen LogP contribution in [0.1, 0.15) is 5.56 Å². The molecule has 1 aliphatic carbocycles. The molecule has 0 N–H and O–H groups in total. The predicted molar refractivity (Wildman–Crippen MR) is 101 cm³/mol. The van der Waals surface area contributed by atoms with Crippen LogP contribution in [-0.4, -0.2) is 19.2 Å². The van der Waals surface area contributed by atoms with Crippen molar-refractivity contribution in [2.45, 2.75) is 6.61 Å². The molecule has 0 amide bonds. The number of hydrogen-bond donors (Lipinski definition) is 0. The molecule has 6 heteroatoms. The maximum atomic E-state index is 11.5. The zero-order valence-electron chi connectivity index (χ0n) is 14.9. The molecule has 2 aromatic rings. The summed E-state index contributed by atoms with van der Waals surface area (Å²) < 4.78 is 22.2. The van der Waals surface area contributed by atoms with Crippen molar-refractivity contribution in [3.63, 3.8) is 0 Å². The van der Waals surface area contributed by atoms with Crippen LogP contribution in [-0.2, 0) is 6.61 Å². The predicted octanol–water partition coefficient (Wildman–Crippen LogP) is 3.89. The average molecular weight is 363 g/mol. The zero-order valence-corrected chi connectivity index (χ0v) is 14.9. The Morgan fingerprint density at radius 2 is 1.78 bits per heavy atom. The summed E-state index contributed by atoms with van der Waals surface area (Å²) in [4.78, 5) is 16.0. The Morgan fingerprint density at radius 1 is 0.926 bits per heavy atom. The monoisotopic (exact) mass is 363 g/mol. The highest BCUT2D eigenvalue weighted by atomic mass is 16.5. The van der Waals surface area contributed by atoms with Gasteiger partial charge in [0.2, 0.25) is 0 Å². The smallest absolute Gasteiger partial charge is 0.182 e. The summed E-state index contributed by atoms with van der Waals surface area (Å²) in [6.45, 7) is 0.359. The number of rotatable bonds is 5. The number of benzene rings is 3. The first-order valence-corrected chi connectivity index (χ1v) is 8.34. The van der Waals surface area contributed by atoms with Gasteiger partial charge < -0.3 is 18.6 Å². The second-order valence-corrected chi connectivity index (χ2v) is 5.95. The topological polar surface area (TPSA) is 70.8 Å². The normalized spacial score (nSPS) is 10.9. The molecule has 6 nitrogen and oxygen atoms in total. The molecule has 2 aliphatic rings. The van der Waals surface area contributed by atoms with E-state index in [-0.39, 0.29) is 5.43 Å². The van der Waals surface area contributed by atoms with E-state index >= 15 is 0 Å². The van der Waals surface area contributed by atoms with Crippen LogP contribution in [0.4, 0.5) is 0 Å². The summed E-state index contributed by atoms with van der Waals surface area (Å²) in [6.07, 6.45) is 0. The van der Waals surface area contributed by atoms with Gasteiger partial charge in [-0.2, -0.15) is 0 Å². The molecule has 4 rings (SSSR count). The van der Waals surface area contributed by atoms with Crippen molar-refractivity contribution in [2.75, 3.05) is 14.2 Å². The molecular formula is C21H17NO5. The van der Waals surface area contributed by atoms with Gasteiger partial charge in [-0.1, -0.05) is 6.07 Å². The number of nitrogens with zero attached hydrogens (tertiary/aromatic N) is 1. The fraction of sp³-hybridized carbons (Fsp3) is 0.143. The molecule has 1 aliphatic heterocycles. The second-order valence-electron chi connectivity index (χ2n) is 5.95. The molecule has 0 radical (unpaired) electrons. The highest BCUT2D eigenvalue weighted by Gasteiger charge is 2.10. The lowest BCUT2D eigenvalue weighted by Crippen LogP contribution is -2.00. The standard InChI is InChI=1S/C21H17NO5/c1-24-18-8-3-13(9-21(18)25-2)12-26-15-5-7-17-20(11-15)27-19-10-14(23)4-6-16(19)22-17/h3-11H,12H2,1-2H3. The van der Waals surface area contributed by atoms with Crippen molar-refractivity contribution in [1.29, 1.82) is 0 Å². The van der Waals surface area contributed by atoms with Crippen molar-refractivity contribution in [3.05, 3.63) is 70.4 Å². The van der Waals surface area contributed by atoms with Gasteiger partial charge in [-0.3, -0.25) is 4.79 Å². The molecular weight excluding hydrogens is 346 g/mol. The quantitative estimate of drug-likeness (QED) is 0.501. The van der Waals surface area contributed by atoms with Gasteiger partial charge in [0.15, 0.2) is 28.3 Å². The minimum absolute atomic E-state index is 0.117. The molecule has 0 fully saturated rings. The number of aromatic nitrogens is 1. The molecule has 27 heavy (non-hydrogen) atoms. The minimum Gasteiger partial charge on any atom is -0.493 e. The third-order valence-corrected chi connectivity index (χ3v) is 4.18. The molecule has 0 unspecified atom stereocenters. The molecule has 0 aromatic heterocycles. The summed E-state index contributed by atoms with van der Waals surface area (Å²) in [5.74, 6) is 2.41. The van der Waals surface area contributed by atoms with E-state index in [0.717, 1.165) is 5.56 Å². The SMILES string of the molecule is COc1ccc(COc2ccc3nc4ccc(=O)cc-4oc3c2)cc1OC. The Morgan fingerprint density at radius 3 is 2.59 bits per heavy atom. The van der Waals surface area contributed by atoms with Crippen molar-refractivity contribution in [1.82, 2.24) is 4.98 Å². The van der Waals surface area contributed by atoms with Crippen molar-refractivity contribution in [3.8, 4) is 28.7 Å². The van der Waals surface area contributed by atoms with E-state index in [2.05, 4.69) is 4.98 Å². The Labute approximate surface area is 155 Å². The van der Waals surface area contributed by atoms with Gasteiger partial charge in [-0.25, -0.2) is 4.98 Å². The average Bonchev–Trinajstić information content (AvgIpc) is 2.70. The van der Waals surface area contributed by atoms with Gasteiger partial charge in [-0.15, -0.1) is 0 Å². The second kappa shape index (κ2) is 6.99. The van der Waals surface area contributed by atoms with Gasteiger partial charge in [0, 0.05) is 12.1 Å². The van der Waals surface area contributed by atoms with E-state index in [1.165, 1.54) is 12.1 Å². The number of methoxy groups -OCH3 is 2. The van der Waals surface area contributed by atoms with Crippen LogP contribution < -0.4 is 19.6 Å². The molecule has 0 bridgehead atoms. The Kier molecular flexibility index (Phi) is 4.38. The van der Waals surface area contributed by atoms with Gasteiger partial charge in [0.1, 0.15) is 23.6 Å². The Bertz CT molecular complexity index is 1130. The lowest BCUT2D eigenvalue weighted by atomic mass is 10.2. The zero-order chi connectivity index (χ0) is 18.8. The minimum atomic E-state index is -0.117. The maximum Gasteiger partial charge on any atom is 0.182 e. The summed E-state index contributed by atoms with van der Waals surface area (Å²) in [5, 5.41) is 0. The third kappa shape index (κ3) is 3.42. The highest BCUT2D eigenvalue weighted by molar-refractivity contribution is 5.77. The lowest BCUT2D eigenvalue weighted by Gasteiger charge is -2.11. The third-order valence-electron chi connectivity index (χ3n) is 4.18. The van der Waals surface area contributed by atoms with E-state index in [1.807, 2.05) is 30.3 Å². The largest absolute Gasteiger partial charge is 0.493 e.